The predicted octanol–water partition coefficient (Wildman–Crippen LogP) is 2.22. The zero-order chi connectivity index (χ0) is 15.4. The van der Waals surface area contributed by atoms with Gasteiger partial charge in [0.15, 0.2) is 11.5 Å². The van der Waals surface area contributed by atoms with Gasteiger partial charge in [-0.25, -0.2) is 0 Å². The third-order valence-electron chi connectivity index (χ3n) is 3.21. The van der Waals surface area contributed by atoms with E-state index in [2.05, 4.69) is 27.5 Å². The molecule has 0 saturated heterocycles. The SMILES string of the molecule is CCCNc1cc(NCc2ccc3c(c2)OCO3)nc(N)n1. The number of nitrogen functional groups attached to an aromatic ring is 1. The van der Waals surface area contributed by atoms with E-state index in [1.165, 1.54) is 0 Å². The second-order valence-electron chi connectivity index (χ2n) is 4.96. The fourth-order valence-electron chi connectivity index (χ4n) is 2.14. The van der Waals surface area contributed by atoms with Crippen LogP contribution in [0.25, 0.3) is 0 Å². The summed E-state index contributed by atoms with van der Waals surface area (Å²) in [7, 11) is 0. The van der Waals surface area contributed by atoms with Gasteiger partial charge in [-0.3, -0.25) is 0 Å². The first-order valence-electron chi connectivity index (χ1n) is 7.25. The van der Waals surface area contributed by atoms with Crippen LogP contribution in [0.2, 0.25) is 0 Å². The van der Waals surface area contributed by atoms with Gasteiger partial charge in [-0.1, -0.05) is 13.0 Å². The number of rotatable bonds is 6. The van der Waals surface area contributed by atoms with Gasteiger partial charge in [0, 0.05) is 19.2 Å². The molecule has 0 bridgehead atoms. The minimum Gasteiger partial charge on any atom is -0.454 e. The summed E-state index contributed by atoms with van der Waals surface area (Å²) in [6, 6.07) is 7.69. The Hall–Kier alpha value is -2.70. The Morgan fingerprint density at radius 3 is 2.68 bits per heavy atom. The molecule has 4 N–H and O–H groups in total. The van der Waals surface area contributed by atoms with Crippen LogP contribution in [0.4, 0.5) is 17.6 Å². The van der Waals surface area contributed by atoms with Gasteiger partial charge in [-0.05, 0) is 24.1 Å². The molecule has 7 heteroatoms. The smallest absolute Gasteiger partial charge is 0.231 e. The normalized spacial score (nSPS) is 12.2. The molecule has 7 nitrogen and oxygen atoms in total. The molecule has 0 unspecified atom stereocenters. The Balaban J connectivity index is 1.66. The first kappa shape index (κ1) is 14.2. The summed E-state index contributed by atoms with van der Waals surface area (Å²) in [6.45, 7) is 3.83. The number of anilines is 3. The lowest BCUT2D eigenvalue weighted by Crippen LogP contribution is -2.08. The molecule has 0 radical (unpaired) electrons. The third kappa shape index (κ3) is 3.30. The summed E-state index contributed by atoms with van der Waals surface area (Å²) >= 11 is 0. The number of nitrogens with one attached hydrogen (secondary N) is 2. The molecule has 1 aliphatic rings. The average Bonchev–Trinajstić information content (AvgIpc) is 2.98. The lowest BCUT2D eigenvalue weighted by atomic mass is 10.2. The van der Waals surface area contributed by atoms with E-state index in [-0.39, 0.29) is 12.7 Å². The molecule has 0 atom stereocenters. The van der Waals surface area contributed by atoms with E-state index in [0.29, 0.717) is 12.4 Å². The Labute approximate surface area is 128 Å². The molecule has 1 aliphatic heterocycles. The van der Waals surface area contributed by atoms with Gasteiger partial charge in [0.25, 0.3) is 0 Å². The van der Waals surface area contributed by atoms with Crippen molar-refractivity contribution >= 4 is 17.6 Å². The fraction of sp³-hybridized carbons (Fsp3) is 0.333. The molecular formula is C15H19N5O2. The van der Waals surface area contributed by atoms with Crippen LogP contribution in [0.15, 0.2) is 24.3 Å². The van der Waals surface area contributed by atoms with Gasteiger partial charge < -0.3 is 25.8 Å². The molecule has 1 aromatic heterocycles. The molecule has 1 aromatic carbocycles. The standard InChI is InChI=1S/C15H19N5O2/c1-2-5-17-13-7-14(20-15(16)19-13)18-8-10-3-4-11-12(6-10)22-9-21-11/h3-4,6-7H,2,5,8-9H2,1H3,(H4,16,17,18,19,20). The molecule has 3 rings (SSSR count). The second-order valence-corrected chi connectivity index (χ2v) is 4.96. The summed E-state index contributed by atoms with van der Waals surface area (Å²) in [5.74, 6) is 3.20. The van der Waals surface area contributed by atoms with Crippen LogP contribution in [0.5, 0.6) is 11.5 Å². The molecule has 0 aliphatic carbocycles. The molecule has 2 aromatic rings. The monoisotopic (exact) mass is 301 g/mol. The maximum atomic E-state index is 5.74. The van der Waals surface area contributed by atoms with Crippen LogP contribution < -0.4 is 25.8 Å². The summed E-state index contributed by atoms with van der Waals surface area (Å²) < 4.78 is 10.7. The van der Waals surface area contributed by atoms with Gasteiger partial charge in [-0.15, -0.1) is 0 Å². The molecule has 22 heavy (non-hydrogen) atoms. The number of nitrogens with zero attached hydrogens (tertiary/aromatic N) is 2. The van der Waals surface area contributed by atoms with Gasteiger partial charge in [0.05, 0.1) is 0 Å². The van der Waals surface area contributed by atoms with Crippen LogP contribution in [-0.4, -0.2) is 23.3 Å². The first-order valence-corrected chi connectivity index (χ1v) is 7.25. The molecule has 0 saturated carbocycles. The van der Waals surface area contributed by atoms with Crippen LogP contribution >= 0.6 is 0 Å². The van der Waals surface area contributed by atoms with Crippen molar-refractivity contribution in [2.75, 3.05) is 29.7 Å². The van der Waals surface area contributed by atoms with Gasteiger partial charge >= 0.3 is 0 Å². The highest BCUT2D eigenvalue weighted by molar-refractivity contribution is 5.52. The molecular weight excluding hydrogens is 282 g/mol. The quantitative estimate of drug-likeness (QED) is 0.753. The zero-order valence-electron chi connectivity index (χ0n) is 12.4. The highest BCUT2D eigenvalue weighted by atomic mass is 16.7. The summed E-state index contributed by atoms with van der Waals surface area (Å²) in [4.78, 5) is 8.34. The van der Waals surface area contributed by atoms with Crippen molar-refractivity contribution < 1.29 is 9.47 Å². The minimum absolute atomic E-state index is 0.245. The molecule has 0 spiro atoms. The van der Waals surface area contributed by atoms with Crippen molar-refractivity contribution in [2.45, 2.75) is 19.9 Å². The number of fused-ring (bicyclic) bond motifs is 1. The van der Waals surface area contributed by atoms with Crippen molar-refractivity contribution in [3.05, 3.63) is 29.8 Å². The lowest BCUT2D eigenvalue weighted by Gasteiger charge is -2.10. The topological polar surface area (TPSA) is 94.3 Å². The summed E-state index contributed by atoms with van der Waals surface area (Å²) in [6.07, 6.45) is 1.02. The van der Waals surface area contributed by atoms with Crippen molar-refractivity contribution in [3.63, 3.8) is 0 Å². The molecule has 0 amide bonds. The highest BCUT2D eigenvalue weighted by Crippen LogP contribution is 2.32. The van der Waals surface area contributed by atoms with Crippen molar-refractivity contribution in [1.29, 1.82) is 0 Å². The van der Waals surface area contributed by atoms with E-state index in [1.54, 1.807) is 0 Å². The number of hydrogen-bond acceptors (Lipinski definition) is 7. The van der Waals surface area contributed by atoms with E-state index < -0.39 is 0 Å². The van der Waals surface area contributed by atoms with Crippen LogP contribution in [0.1, 0.15) is 18.9 Å². The van der Waals surface area contributed by atoms with E-state index in [4.69, 9.17) is 15.2 Å². The minimum atomic E-state index is 0.245. The average molecular weight is 301 g/mol. The predicted molar refractivity (Wildman–Crippen MR) is 85.1 cm³/mol. The lowest BCUT2D eigenvalue weighted by molar-refractivity contribution is 0.174. The maximum Gasteiger partial charge on any atom is 0.231 e. The van der Waals surface area contributed by atoms with Crippen LogP contribution in [0.3, 0.4) is 0 Å². The number of aromatic nitrogens is 2. The number of ether oxygens (including phenoxy) is 2. The van der Waals surface area contributed by atoms with E-state index >= 15 is 0 Å². The van der Waals surface area contributed by atoms with E-state index in [1.807, 2.05) is 24.3 Å². The Morgan fingerprint density at radius 2 is 1.86 bits per heavy atom. The Bertz CT molecular complexity index is 662. The second kappa shape index (κ2) is 6.38. The van der Waals surface area contributed by atoms with Crippen LogP contribution in [0, 0.1) is 0 Å². The maximum absolute atomic E-state index is 5.74. The molecule has 116 valence electrons. The third-order valence-corrected chi connectivity index (χ3v) is 3.21. The number of hydrogen-bond donors (Lipinski definition) is 3. The number of benzene rings is 1. The fourth-order valence-corrected chi connectivity index (χ4v) is 2.14. The van der Waals surface area contributed by atoms with Crippen molar-refractivity contribution in [3.8, 4) is 11.5 Å². The number of nitrogens with two attached hydrogens (primary N) is 1. The summed E-state index contributed by atoms with van der Waals surface area (Å²) in [5, 5.41) is 6.44. The van der Waals surface area contributed by atoms with Gasteiger partial charge in [0.1, 0.15) is 11.6 Å². The van der Waals surface area contributed by atoms with E-state index in [0.717, 1.165) is 35.8 Å². The molecule has 0 fully saturated rings. The van der Waals surface area contributed by atoms with Gasteiger partial charge in [0.2, 0.25) is 12.7 Å². The van der Waals surface area contributed by atoms with Gasteiger partial charge in [-0.2, -0.15) is 9.97 Å². The molecule has 2 heterocycles. The van der Waals surface area contributed by atoms with Crippen molar-refractivity contribution in [1.82, 2.24) is 9.97 Å². The zero-order valence-corrected chi connectivity index (χ0v) is 12.4. The summed E-state index contributed by atoms with van der Waals surface area (Å²) in [5.41, 5.74) is 6.81. The van der Waals surface area contributed by atoms with Crippen molar-refractivity contribution in [2.24, 2.45) is 0 Å². The largest absolute Gasteiger partial charge is 0.454 e. The Morgan fingerprint density at radius 1 is 1.09 bits per heavy atom. The Kier molecular flexibility index (Phi) is 4.13. The highest BCUT2D eigenvalue weighted by Gasteiger charge is 2.13. The van der Waals surface area contributed by atoms with E-state index in [9.17, 15) is 0 Å². The first-order chi connectivity index (χ1) is 10.7. The van der Waals surface area contributed by atoms with Crippen LogP contribution in [-0.2, 0) is 6.54 Å².